The highest BCUT2D eigenvalue weighted by Gasteiger charge is 2.16. The Balaban J connectivity index is 1.78. The van der Waals surface area contributed by atoms with Crippen LogP contribution in [-0.2, 0) is 0 Å². The molecule has 0 saturated heterocycles. The van der Waals surface area contributed by atoms with E-state index in [-0.39, 0.29) is 0 Å². The number of anilines is 1. The van der Waals surface area contributed by atoms with Crippen LogP contribution in [0.1, 0.15) is 43.4 Å². The number of nitrogens with one attached hydrogen (secondary N) is 1. The molecule has 1 saturated carbocycles. The quantitative estimate of drug-likeness (QED) is 0.841. The maximum absolute atomic E-state index is 4.71. The number of hydrogen-bond donors (Lipinski definition) is 1. The van der Waals surface area contributed by atoms with Crippen LogP contribution in [0.4, 0.5) is 5.13 Å². The summed E-state index contributed by atoms with van der Waals surface area (Å²) in [4.78, 5) is 6.01. The molecule has 3 rings (SSSR count). The van der Waals surface area contributed by atoms with Gasteiger partial charge in [0, 0.05) is 6.04 Å². The number of thiazole rings is 1. The number of aryl methyl sites for hydroxylation is 2. The highest BCUT2D eigenvalue weighted by Crippen LogP contribution is 2.34. The summed E-state index contributed by atoms with van der Waals surface area (Å²) in [5, 5.41) is 4.72. The lowest BCUT2D eigenvalue weighted by Crippen LogP contribution is -2.21. The van der Waals surface area contributed by atoms with Crippen LogP contribution in [0, 0.1) is 13.8 Å². The SMILES string of the molecule is Cc1ccc(-c2sc(NC3CCCCC3)nc2C)cc1. The Hall–Kier alpha value is -1.35. The number of nitrogens with zero attached hydrogens (tertiary/aromatic N) is 1. The van der Waals surface area contributed by atoms with Crippen LogP contribution in [0.2, 0.25) is 0 Å². The van der Waals surface area contributed by atoms with Crippen LogP contribution in [0.3, 0.4) is 0 Å². The molecule has 1 aliphatic rings. The predicted octanol–water partition coefficient (Wildman–Crippen LogP) is 5.17. The number of hydrogen-bond acceptors (Lipinski definition) is 3. The second-order valence-corrected chi connectivity index (χ2v) is 6.78. The number of aromatic nitrogens is 1. The lowest BCUT2D eigenvalue weighted by molar-refractivity contribution is 0.462. The van der Waals surface area contributed by atoms with Gasteiger partial charge in [0.15, 0.2) is 5.13 Å². The summed E-state index contributed by atoms with van der Waals surface area (Å²) in [6, 6.07) is 9.35. The van der Waals surface area contributed by atoms with Crippen LogP contribution in [0.25, 0.3) is 10.4 Å². The lowest BCUT2D eigenvalue weighted by Gasteiger charge is -2.22. The summed E-state index contributed by atoms with van der Waals surface area (Å²) in [7, 11) is 0. The normalized spacial score (nSPS) is 16.3. The highest BCUT2D eigenvalue weighted by molar-refractivity contribution is 7.19. The summed E-state index contributed by atoms with van der Waals surface area (Å²) < 4.78 is 0. The van der Waals surface area contributed by atoms with Crippen molar-refractivity contribution in [1.29, 1.82) is 0 Å². The molecule has 0 unspecified atom stereocenters. The molecule has 0 aliphatic heterocycles. The van der Waals surface area contributed by atoms with Gasteiger partial charge < -0.3 is 5.32 Å². The molecule has 20 heavy (non-hydrogen) atoms. The molecule has 0 radical (unpaired) electrons. The van der Waals surface area contributed by atoms with Crippen molar-refractivity contribution in [2.24, 2.45) is 0 Å². The van der Waals surface area contributed by atoms with Crippen LogP contribution >= 0.6 is 11.3 Å². The molecule has 1 heterocycles. The van der Waals surface area contributed by atoms with Crippen molar-refractivity contribution in [3.8, 4) is 10.4 Å². The third kappa shape index (κ3) is 3.04. The summed E-state index contributed by atoms with van der Waals surface area (Å²) in [6.07, 6.45) is 6.68. The van der Waals surface area contributed by atoms with Crippen LogP contribution in [-0.4, -0.2) is 11.0 Å². The molecule has 3 heteroatoms. The summed E-state index contributed by atoms with van der Waals surface area (Å²) >= 11 is 1.79. The van der Waals surface area contributed by atoms with E-state index in [2.05, 4.69) is 43.4 Å². The molecule has 0 amide bonds. The number of rotatable bonds is 3. The molecule has 0 atom stereocenters. The smallest absolute Gasteiger partial charge is 0.183 e. The first-order valence-corrected chi connectivity index (χ1v) is 8.35. The minimum atomic E-state index is 0.625. The van der Waals surface area contributed by atoms with Crippen LogP contribution < -0.4 is 5.32 Å². The van der Waals surface area contributed by atoms with E-state index >= 15 is 0 Å². The van der Waals surface area contributed by atoms with E-state index in [9.17, 15) is 0 Å². The third-order valence-electron chi connectivity index (χ3n) is 4.04. The fourth-order valence-corrected chi connectivity index (χ4v) is 3.90. The molecule has 106 valence electrons. The fraction of sp³-hybridized carbons (Fsp3) is 0.471. The zero-order chi connectivity index (χ0) is 13.9. The van der Waals surface area contributed by atoms with Gasteiger partial charge in [0.05, 0.1) is 10.6 Å². The Bertz CT molecular complexity index is 565. The molecule has 1 aliphatic carbocycles. The Morgan fingerprint density at radius 1 is 1.05 bits per heavy atom. The second kappa shape index (κ2) is 5.96. The third-order valence-corrected chi connectivity index (χ3v) is 5.18. The van der Waals surface area contributed by atoms with Crippen LogP contribution in [0.15, 0.2) is 24.3 Å². The summed E-state index contributed by atoms with van der Waals surface area (Å²) in [6.45, 7) is 4.23. The molecule has 2 nitrogen and oxygen atoms in total. The highest BCUT2D eigenvalue weighted by atomic mass is 32.1. The van der Waals surface area contributed by atoms with Crippen molar-refractivity contribution in [1.82, 2.24) is 4.98 Å². The topological polar surface area (TPSA) is 24.9 Å². The van der Waals surface area contributed by atoms with E-state index in [0.717, 1.165) is 10.8 Å². The molecule has 1 aromatic carbocycles. The lowest BCUT2D eigenvalue weighted by atomic mass is 9.96. The molecule has 1 aromatic heterocycles. The monoisotopic (exact) mass is 286 g/mol. The first-order chi connectivity index (χ1) is 9.72. The van der Waals surface area contributed by atoms with Crippen molar-refractivity contribution in [2.75, 3.05) is 5.32 Å². The first kappa shape index (κ1) is 13.6. The van der Waals surface area contributed by atoms with E-state index in [1.165, 1.54) is 48.1 Å². The zero-order valence-corrected chi connectivity index (χ0v) is 13.1. The molecule has 0 spiro atoms. The largest absolute Gasteiger partial charge is 0.359 e. The maximum atomic E-state index is 4.71. The van der Waals surface area contributed by atoms with E-state index in [4.69, 9.17) is 4.98 Å². The minimum Gasteiger partial charge on any atom is -0.359 e. The van der Waals surface area contributed by atoms with Gasteiger partial charge in [-0.25, -0.2) is 4.98 Å². The van der Waals surface area contributed by atoms with Crippen molar-refractivity contribution in [3.63, 3.8) is 0 Å². The standard InChI is InChI=1S/C17H22N2S/c1-12-8-10-14(11-9-12)16-13(2)18-17(20-16)19-15-6-4-3-5-7-15/h8-11,15H,3-7H2,1-2H3,(H,18,19). The Kier molecular flexibility index (Phi) is 4.06. The van der Waals surface area contributed by atoms with Gasteiger partial charge >= 0.3 is 0 Å². The average molecular weight is 286 g/mol. The molecule has 1 fully saturated rings. The summed E-state index contributed by atoms with van der Waals surface area (Å²) in [5.74, 6) is 0. The van der Waals surface area contributed by atoms with E-state index < -0.39 is 0 Å². The van der Waals surface area contributed by atoms with Gasteiger partial charge in [0.2, 0.25) is 0 Å². The van der Waals surface area contributed by atoms with E-state index in [0.29, 0.717) is 6.04 Å². The van der Waals surface area contributed by atoms with Gasteiger partial charge in [0.25, 0.3) is 0 Å². The van der Waals surface area contributed by atoms with Crippen molar-refractivity contribution < 1.29 is 0 Å². The molecule has 2 aromatic rings. The minimum absolute atomic E-state index is 0.625. The maximum Gasteiger partial charge on any atom is 0.183 e. The zero-order valence-electron chi connectivity index (χ0n) is 12.3. The first-order valence-electron chi connectivity index (χ1n) is 7.53. The Morgan fingerprint density at radius 3 is 2.45 bits per heavy atom. The summed E-state index contributed by atoms with van der Waals surface area (Å²) in [5.41, 5.74) is 3.72. The van der Waals surface area contributed by atoms with Crippen molar-refractivity contribution in [3.05, 3.63) is 35.5 Å². The second-order valence-electron chi connectivity index (χ2n) is 5.78. The number of benzene rings is 1. The van der Waals surface area contributed by atoms with Crippen molar-refractivity contribution >= 4 is 16.5 Å². The fourth-order valence-electron chi connectivity index (χ4n) is 2.85. The van der Waals surface area contributed by atoms with Gasteiger partial charge in [0.1, 0.15) is 0 Å². The van der Waals surface area contributed by atoms with E-state index in [1.807, 2.05) is 0 Å². The molecular formula is C17H22N2S. The Morgan fingerprint density at radius 2 is 1.75 bits per heavy atom. The predicted molar refractivity (Wildman–Crippen MR) is 87.5 cm³/mol. The van der Waals surface area contributed by atoms with Gasteiger partial charge in [-0.2, -0.15) is 0 Å². The van der Waals surface area contributed by atoms with Crippen molar-refractivity contribution in [2.45, 2.75) is 52.0 Å². The van der Waals surface area contributed by atoms with Gasteiger partial charge in [-0.15, -0.1) is 0 Å². The Labute approximate surface area is 125 Å². The van der Waals surface area contributed by atoms with Gasteiger partial charge in [-0.1, -0.05) is 60.4 Å². The molecule has 1 N–H and O–H groups in total. The average Bonchev–Trinajstić information content (AvgIpc) is 2.81. The molecule has 0 bridgehead atoms. The van der Waals surface area contributed by atoms with E-state index in [1.54, 1.807) is 11.3 Å². The molecular weight excluding hydrogens is 264 g/mol. The van der Waals surface area contributed by atoms with Gasteiger partial charge in [-0.3, -0.25) is 0 Å². The van der Waals surface area contributed by atoms with Crippen LogP contribution in [0.5, 0.6) is 0 Å². The van der Waals surface area contributed by atoms with Gasteiger partial charge in [-0.05, 0) is 32.3 Å².